The van der Waals surface area contributed by atoms with E-state index in [9.17, 15) is 0 Å². The van der Waals surface area contributed by atoms with Crippen molar-refractivity contribution in [3.05, 3.63) is 34.9 Å². The Morgan fingerprint density at radius 3 is 2.47 bits per heavy atom. The van der Waals surface area contributed by atoms with E-state index in [-0.39, 0.29) is 0 Å². The van der Waals surface area contributed by atoms with Gasteiger partial charge in [-0.3, -0.25) is 0 Å². The number of benzene rings is 1. The molecule has 0 saturated carbocycles. The van der Waals surface area contributed by atoms with E-state index in [0.717, 1.165) is 44.0 Å². The highest BCUT2D eigenvalue weighted by Crippen LogP contribution is 2.20. The lowest BCUT2D eigenvalue weighted by atomic mass is 10.0. The van der Waals surface area contributed by atoms with Gasteiger partial charge in [0.2, 0.25) is 0 Å². The first-order chi connectivity index (χ1) is 9.27. The highest BCUT2D eigenvalue weighted by atomic mass is 35.5. The molecule has 0 spiro atoms. The standard InChI is InChI=1S/C16H26ClNO/c1-3-5-12-19-13-11-18-16(6-4-2)14-7-9-15(17)10-8-14/h7-10,16,18H,3-6,11-13H2,1-2H3. The van der Waals surface area contributed by atoms with Gasteiger partial charge in [0.25, 0.3) is 0 Å². The topological polar surface area (TPSA) is 21.3 Å². The average Bonchev–Trinajstić information content (AvgIpc) is 2.42. The molecule has 1 N–H and O–H groups in total. The minimum Gasteiger partial charge on any atom is -0.380 e. The van der Waals surface area contributed by atoms with Crippen molar-refractivity contribution in [1.82, 2.24) is 5.32 Å². The predicted octanol–water partition coefficient (Wildman–Crippen LogP) is 4.59. The fourth-order valence-electron chi connectivity index (χ4n) is 2.02. The van der Waals surface area contributed by atoms with Gasteiger partial charge < -0.3 is 10.1 Å². The number of ether oxygens (including phenoxy) is 1. The second-order valence-electron chi connectivity index (χ2n) is 4.81. The molecule has 19 heavy (non-hydrogen) atoms. The SMILES string of the molecule is CCCCOCCNC(CCC)c1ccc(Cl)cc1. The lowest BCUT2D eigenvalue weighted by Crippen LogP contribution is -2.25. The molecular weight excluding hydrogens is 258 g/mol. The Hall–Kier alpha value is -0.570. The summed E-state index contributed by atoms with van der Waals surface area (Å²) >= 11 is 5.93. The maximum Gasteiger partial charge on any atom is 0.0591 e. The van der Waals surface area contributed by atoms with Crippen molar-refractivity contribution >= 4 is 11.6 Å². The quantitative estimate of drug-likeness (QED) is 0.634. The largest absolute Gasteiger partial charge is 0.380 e. The van der Waals surface area contributed by atoms with E-state index in [1.807, 2.05) is 12.1 Å². The number of halogens is 1. The van der Waals surface area contributed by atoms with Crippen LogP contribution in [0.4, 0.5) is 0 Å². The highest BCUT2D eigenvalue weighted by Gasteiger charge is 2.09. The third-order valence-electron chi connectivity index (χ3n) is 3.13. The van der Waals surface area contributed by atoms with Crippen LogP contribution < -0.4 is 5.32 Å². The molecule has 0 radical (unpaired) electrons. The highest BCUT2D eigenvalue weighted by molar-refractivity contribution is 6.30. The smallest absolute Gasteiger partial charge is 0.0591 e. The number of hydrogen-bond donors (Lipinski definition) is 1. The van der Waals surface area contributed by atoms with E-state index in [1.165, 1.54) is 12.0 Å². The molecule has 1 aromatic carbocycles. The maximum absolute atomic E-state index is 5.93. The number of nitrogens with one attached hydrogen (secondary N) is 1. The molecule has 0 aliphatic rings. The predicted molar refractivity (Wildman–Crippen MR) is 82.8 cm³/mol. The summed E-state index contributed by atoms with van der Waals surface area (Å²) in [4.78, 5) is 0. The van der Waals surface area contributed by atoms with Crippen molar-refractivity contribution in [3.63, 3.8) is 0 Å². The van der Waals surface area contributed by atoms with Crippen LogP contribution in [0.3, 0.4) is 0 Å². The summed E-state index contributed by atoms with van der Waals surface area (Å²) < 4.78 is 5.57. The number of hydrogen-bond acceptors (Lipinski definition) is 2. The summed E-state index contributed by atoms with van der Waals surface area (Å²) in [6, 6.07) is 8.52. The zero-order valence-electron chi connectivity index (χ0n) is 12.1. The summed E-state index contributed by atoms with van der Waals surface area (Å²) in [5.74, 6) is 0. The molecule has 1 aromatic rings. The van der Waals surface area contributed by atoms with Gasteiger partial charge in [0.05, 0.1) is 6.61 Å². The van der Waals surface area contributed by atoms with Crippen molar-refractivity contribution in [2.45, 2.75) is 45.6 Å². The van der Waals surface area contributed by atoms with Crippen molar-refractivity contribution < 1.29 is 4.74 Å². The monoisotopic (exact) mass is 283 g/mol. The molecule has 1 unspecified atom stereocenters. The average molecular weight is 284 g/mol. The Morgan fingerprint density at radius 1 is 1.11 bits per heavy atom. The Labute approximate surface area is 122 Å². The molecule has 0 aliphatic carbocycles. The molecule has 0 amide bonds. The van der Waals surface area contributed by atoms with Crippen LogP contribution >= 0.6 is 11.6 Å². The first-order valence-corrected chi connectivity index (χ1v) is 7.72. The van der Waals surface area contributed by atoms with E-state index in [4.69, 9.17) is 16.3 Å². The minimum absolute atomic E-state index is 0.400. The van der Waals surface area contributed by atoms with Gasteiger partial charge >= 0.3 is 0 Å². The van der Waals surface area contributed by atoms with E-state index in [1.54, 1.807) is 0 Å². The molecule has 0 aromatic heterocycles. The third-order valence-corrected chi connectivity index (χ3v) is 3.38. The molecule has 0 saturated heterocycles. The van der Waals surface area contributed by atoms with Crippen LogP contribution in [0.2, 0.25) is 5.02 Å². The van der Waals surface area contributed by atoms with Crippen molar-refractivity contribution in [1.29, 1.82) is 0 Å². The minimum atomic E-state index is 0.400. The van der Waals surface area contributed by atoms with Gasteiger partial charge in [0, 0.05) is 24.2 Å². The molecule has 0 bridgehead atoms. The zero-order valence-corrected chi connectivity index (χ0v) is 12.9. The number of rotatable bonds is 10. The van der Waals surface area contributed by atoms with Crippen LogP contribution in [0.5, 0.6) is 0 Å². The molecule has 108 valence electrons. The Balaban J connectivity index is 2.34. The Morgan fingerprint density at radius 2 is 1.84 bits per heavy atom. The first kappa shape index (κ1) is 16.5. The van der Waals surface area contributed by atoms with Crippen molar-refractivity contribution in [3.8, 4) is 0 Å². The van der Waals surface area contributed by atoms with Gasteiger partial charge in [-0.2, -0.15) is 0 Å². The normalized spacial score (nSPS) is 12.6. The summed E-state index contributed by atoms with van der Waals surface area (Å²) in [6.45, 7) is 6.95. The maximum atomic E-state index is 5.93. The van der Waals surface area contributed by atoms with E-state index < -0.39 is 0 Å². The fourth-order valence-corrected chi connectivity index (χ4v) is 2.15. The van der Waals surface area contributed by atoms with E-state index in [0.29, 0.717) is 6.04 Å². The van der Waals surface area contributed by atoms with Crippen LogP contribution in [0.1, 0.15) is 51.1 Å². The van der Waals surface area contributed by atoms with E-state index >= 15 is 0 Å². The molecule has 1 atom stereocenters. The van der Waals surface area contributed by atoms with Gasteiger partial charge in [-0.05, 0) is 30.5 Å². The Bertz CT molecular complexity index is 326. The second kappa shape index (κ2) is 10.2. The van der Waals surface area contributed by atoms with Crippen LogP contribution in [0.25, 0.3) is 0 Å². The Kier molecular flexibility index (Phi) is 8.89. The van der Waals surface area contributed by atoms with Gasteiger partial charge in [-0.1, -0.05) is 50.4 Å². The first-order valence-electron chi connectivity index (χ1n) is 7.34. The van der Waals surface area contributed by atoms with Gasteiger partial charge in [0.1, 0.15) is 0 Å². The molecule has 1 rings (SSSR count). The van der Waals surface area contributed by atoms with Gasteiger partial charge in [0.15, 0.2) is 0 Å². The lowest BCUT2D eigenvalue weighted by molar-refractivity contribution is 0.130. The molecule has 0 heterocycles. The van der Waals surface area contributed by atoms with Crippen LogP contribution in [0.15, 0.2) is 24.3 Å². The van der Waals surface area contributed by atoms with Crippen molar-refractivity contribution in [2.24, 2.45) is 0 Å². The summed E-state index contributed by atoms with van der Waals surface area (Å²) in [5.41, 5.74) is 1.31. The van der Waals surface area contributed by atoms with Crippen LogP contribution in [-0.4, -0.2) is 19.8 Å². The van der Waals surface area contributed by atoms with Gasteiger partial charge in [-0.15, -0.1) is 0 Å². The molecule has 3 heteroatoms. The molecular formula is C16H26ClNO. The summed E-state index contributed by atoms with van der Waals surface area (Å²) in [6.07, 6.45) is 4.64. The lowest BCUT2D eigenvalue weighted by Gasteiger charge is -2.18. The second-order valence-corrected chi connectivity index (χ2v) is 5.25. The fraction of sp³-hybridized carbons (Fsp3) is 0.625. The van der Waals surface area contributed by atoms with Crippen LogP contribution in [0, 0.1) is 0 Å². The van der Waals surface area contributed by atoms with Gasteiger partial charge in [-0.25, -0.2) is 0 Å². The summed E-state index contributed by atoms with van der Waals surface area (Å²) in [5, 5.41) is 4.36. The van der Waals surface area contributed by atoms with E-state index in [2.05, 4.69) is 31.3 Å². The number of unbranched alkanes of at least 4 members (excludes halogenated alkanes) is 1. The zero-order chi connectivity index (χ0) is 13.9. The third kappa shape index (κ3) is 6.95. The van der Waals surface area contributed by atoms with Crippen LogP contribution in [-0.2, 0) is 4.74 Å². The molecule has 2 nitrogen and oxygen atoms in total. The van der Waals surface area contributed by atoms with Crippen molar-refractivity contribution in [2.75, 3.05) is 19.8 Å². The molecule has 0 aliphatic heterocycles. The summed E-state index contributed by atoms with van der Waals surface area (Å²) in [7, 11) is 0. The molecule has 0 fully saturated rings.